The normalized spacial score (nSPS) is 19.6. The van der Waals surface area contributed by atoms with Crippen molar-refractivity contribution in [2.45, 2.75) is 19.4 Å². The molecule has 2 unspecified atom stereocenters. The number of carbonyl (C=O) groups excluding carboxylic acids is 1. The summed E-state index contributed by atoms with van der Waals surface area (Å²) in [6, 6.07) is 7.46. The van der Waals surface area contributed by atoms with Gasteiger partial charge in [-0.25, -0.2) is 0 Å². The first-order valence-corrected chi connectivity index (χ1v) is 6.99. The Kier molecular flexibility index (Phi) is 5.38. The Labute approximate surface area is 119 Å². The summed E-state index contributed by atoms with van der Waals surface area (Å²) in [4.78, 5) is 11.9. The molecule has 1 aliphatic rings. The summed E-state index contributed by atoms with van der Waals surface area (Å²) in [5.74, 6) is 0.755. The van der Waals surface area contributed by atoms with Gasteiger partial charge in [-0.15, -0.1) is 0 Å². The topological polar surface area (TPSA) is 59.6 Å². The van der Waals surface area contributed by atoms with Gasteiger partial charge in [0.2, 0.25) is 5.91 Å². The molecule has 0 radical (unpaired) electrons. The number of benzene rings is 1. The van der Waals surface area contributed by atoms with Gasteiger partial charge in [-0.3, -0.25) is 4.79 Å². The first kappa shape index (κ1) is 14.8. The van der Waals surface area contributed by atoms with Crippen molar-refractivity contribution in [3.63, 3.8) is 0 Å². The number of amides is 1. The molecule has 2 rings (SSSR count). The molecule has 2 N–H and O–H groups in total. The van der Waals surface area contributed by atoms with Gasteiger partial charge in [0.15, 0.2) is 0 Å². The van der Waals surface area contributed by atoms with E-state index in [9.17, 15) is 4.79 Å². The second-order valence-corrected chi connectivity index (χ2v) is 5.08. The summed E-state index contributed by atoms with van der Waals surface area (Å²) in [5, 5.41) is 5.88. The van der Waals surface area contributed by atoms with E-state index in [1.807, 2.05) is 38.2 Å². The van der Waals surface area contributed by atoms with Crippen molar-refractivity contribution < 1.29 is 14.3 Å². The predicted molar refractivity (Wildman–Crippen MR) is 78.0 cm³/mol. The van der Waals surface area contributed by atoms with Crippen molar-refractivity contribution in [2.75, 3.05) is 32.1 Å². The van der Waals surface area contributed by atoms with Gasteiger partial charge in [0.1, 0.15) is 11.9 Å². The predicted octanol–water partition coefficient (Wildman–Crippen LogP) is 1.65. The quantitative estimate of drug-likeness (QED) is 0.830. The number of ether oxygens (including phenoxy) is 2. The summed E-state index contributed by atoms with van der Waals surface area (Å²) in [7, 11) is 1.84. The van der Waals surface area contributed by atoms with Gasteiger partial charge in [-0.1, -0.05) is 6.92 Å². The van der Waals surface area contributed by atoms with Crippen LogP contribution >= 0.6 is 0 Å². The largest absolute Gasteiger partial charge is 0.488 e. The SMILES string of the molecule is CNCC(C)C(=O)Nc1ccc(OC2CCOC2)cc1. The molecule has 5 heteroatoms. The Balaban J connectivity index is 1.86. The summed E-state index contributed by atoms with van der Waals surface area (Å²) >= 11 is 0. The van der Waals surface area contributed by atoms with Crippen LogP contribution in [0.2, 0.25) is 0 Å². The van der Waals surface area contributed by atoms with Crippen LogP contribution in [0.3, 0.4) is 0 Å². The maximum atomic E-state index is 11.9. The second kappa shape index (κ2) is 7.26. The second-order valence-electron chi connectivity index (χ2n) is 5.08. The highest BCUT2D eigenvalue weighted by atomic mass is 16.5. The van der Waals surface area contributed by atoms with Crippen molar-refractivity contribution in [3.8, 4) is 5.75 Å². The number of anilines is 1. The molecule has 5 nitrogen and oxygen atoms in total. The molecular weight excluding hydrogens is 256 g/mol. The first-order chi connectivity index (χ1) is 9.69. The van der Waals surface area contributed by atoms with Crippen LogP contribution in [0, 0.1) is 5.92 Å². The van der Waals surface area contributed by atoms with Crippen molar-refractivity contribution >= 4 is 11.6 Å². The highest BCUT2D eigenvalue weighted by Gasteiger charge is 2.17. The Bertz CT molecular complexity index is 427. The lowest BCUT2D eigenvalue weighted by atomic mass is 10.1. The fourth-order valence-corrected chi connectivity index (χ4v) is 2.08. The zero-order valence-corrected chi connectivity index (χ0v) is 12.0. The maximum Gasteiger partial charge on any atom is 0.228 e. The van der Waals surface area contributed by atoms with Gasteiger partial charge < -0.3 is 20.1 Å². The molecule has 20 heavy (non-hydrogen) atoms. The Hall–Kier alpha value is -1.59. The van der Waals surface area contributed by atoms with Crippen molar-refractivity contribution in [1.82, 2.24) is 5.32 Å². The van der Waals surface area contributed by atoms with Crippen LogP contribution in [0.15, 0.2) is 24.3 Å². The minimum Gasteiger partial charge on any atom is -0.488 e. The number of nitrogens with one attached hydrogen (secondary N) is 2. The lowest BCUT2D eigenvalue weighted by Gasteiger charge is -2.14. The number of hydrogen-bond donors (Lipinski definition) is 2. The molecule has 1 saturated heterocycles. The summed E-state index contributed by atoms with van der Waals surface area (Å²) in [6.07, 6.45) is 1.08. The fourth-order valence-electron chi connectivity index (χ4n) is 2.08. The van der Waals surface area contributed by atoms with E-state index in [-0.39, 0.29) is 17.9 Å². The minimum atomic E-state index is -0.0634. The van der Waals surface area contributed by atoms with Crippen LogP contribution in [0.25, 0.3) is 0 Å². The minimum absolute atomic E-state index is 0.0113. The molecule has 0 saturated carbocycles. The van der Waals surface area contributed by atoms with E-state index >= 15 is 0 Å². The van der Waals surface area contributed by atoms with E-state index < -0.39 is 0 Å². The third-order valence-electron chi connectivity index (χ3n) is 3.27. The molecule has 1 aromatic rings. The van der Waals surface area contributed by atoms with E-state index in [4.69, 9.17) is 9.47 Å². The average Bonchev–Trinajstić information content (AvgIpc) is 2.94. The van der Waals surface area contributed by atoms with Crippen LogP contribution in [0.4, 0.5) is 5.69 Å². The number of carbonyl (C=O) groups is 1. The average molecular weight is 278 g/mol. The first-order valence-electron chi connectivity index (χ1n) is 6.99. The molecule has 1 amide bonds. The third-order valence-corrected chi connectivity index (χ3v) is 3.27. The van der Waals surface area contributed by atoms with Crippen molar-refractivity contribution in [2.24, 2.45) is 5.92 Å². The van der Waals surface area contributed by atoms with E-state index in [0.29, 0.717) is 13.2 Å². The van der Waals surface area contributed by atoms with Crippen molar-refractivity contribution in [1.29, 1.82) is 0 Å². The van der Waals surface area contributed by atoms with Crippen LogP contribution < -0.4 is 15.4 Å². The summed E-state index contributed by atoms with van der Waals surface area (Å²) in [6.45, 7) is 3.97. The van der Waals surface area contributed by atoms with Gasteiger partial charge in [0.25, 0.3) is 0 Å². The fraction of sp³-hybridized carbons (Fsp3) is 0.533. The number of rotatable bonds is 6. The molecule has 1 fully saturated rings. The molecule has 1 aliphatic heterocycles. The zero-order valence-electron chi connectivity index (χ0n) is 12.0. The molecule has 1 aromatic carbocycles. The highest BCUT2D eigenvalue weighted by molar-refractivity contribution is 5.92. The van der Waals surface area contributed by atoms with Crippen molar-refractivity contribution in [3.05, 3.63) is 24.3 Å². The molecule has 2 atom stereocenters. The van der Waals surface area contributed by atoms with E-state index in [0.717, 1.165) is 24.5 Å². The molecule has 0 spiro atoms. The molecule has 110 valence electrons. The van der Waals surface area contributed by atoms with Gasteiger partial charge in [-0.05, 0) is 31.3 Å². The van der Waals surface area contributed by atoms with Crippen LogP contribution in [0.5, 0.6) is 5.75 Å². The third kappa shape index (κ3) is 4.21. The highest BCUT2D eigenvalue weighted by Crippen LogP contribution is 2.19. The van der Waals surface area contributed by atoms with Gasteiger partial charge in [0, 0.05) is 24.6 Å². The summed E-state index contributed by atoms with van der Waals surface area (Å²) < 4.78 is 11.0. The van der Waals surface area contributed by atoms with Gasteiger partial charge in [0.05, 0.1) is 13.2 Å². The molecule has 1 heterocycles. The van der Waals surface area contributed by atoms with Gasteiger partial charge >= 0.3 is 0 Å². The van der Waals surface area contributed by atoms with Crippen LogP contribution in [-0.4, -0.2) is 38.8 Å². The van der Waals surface area contributed by atoms with Crippen LogP contribution in [-0.2, 0) is 9.53 Å². The Morgan fingerprint density at radius 2 is 2.20 bits per heavy atom. The Morgan fingerprint density at radius 3 is 2.80 bits per heavy atom. The standard InChI is InChI=1S/C15H22N2O3/c1-11(9-16-2)15(18)17-12-3-5-13(6-4-12)20-14-7-8-19-10-14/h3-6,11,14,16H,7-10H2,1-2H3,(H,17,18). The van der Waals surface area contributed by atoms with E-state index in [2.05, 4.69) is 10.6 Å². The molecule has 0 bridgehead atoms. The lowest BCUT2D eigenvalue weighted by molar-refractivity contribution is -0.119. The van der Waals surface area contributed by atoms with Crippen LogP contribution in [0.1, 0.15) is 13.3 Å². The number of hydrogen-bond acceptors (Lipinski definition) is 4. The smallest absolute Gasteiger partial charge is 0.228 e. The molecule has 0 aromatic heterocycles. The summed E-state index contributed by atoms with van der Waals surface area (Å²) in [5.41, 5.74) is 0.785. The van der Waals surface area contributed by atoms with Gasteiger partial charge in [-0.2, -0.15) is 0 Å². The van der Waals surface area contributed by atoms with E-state index in [1.54, 1.807) is 0 Å². The maximum absolute atomic E-state index is 11.9. The molecular formula is C15H22N2O3. The molecule has 0 aliphatic carbocycles. The monoisotopic (exact) mass is 278 g/mol. The lowest BCUT2D eigenvalue weighted by Crippen LogP contribution is -2.28. The zero-order chi connectivity index (χ0) is 14.4. The van der Waals surface area contributed by atoms with E-state index in [1.165, 1.54) is 0 Å². The Morgan fingerprint density at radius 1 is 1.45 bits per heavy atom.